The number of carbonyl (C=O) groups is 1. The van der Waals surface area contributed by atoms with Crippen molar-refractivity contribution >= 4 is 17.7 Å². The molecule has 68 valence electrons. The third-order valence-electron chi connectivity index (χ3n) is 2.91. The van der Waals surface area contributed by atoms with Gasteiger partial charge in [-0.3, -0.25) is 4.79 Å². The highest BCUT2D eigenvalue weighted by Crippen LogP contribution is 2.38. The Hall–Kier alpha value is -0.220. The zero-order chi connectivity index (χ0) is 8.88. The quantitative estimate of drug-likeness (QED) is 0.552. The summed E-state index contributed by atoms with van der Waals surface area (Å²) in [5.41, 5.74) is 5.67. The Bertz CT molecular complexity index is 219. The molecule has 2 aliphatic rings. The van der Waals surface area contributed by atoms with Gasteiger partial charge in [0, 0.05) is 6.04 Å². The van der Waals surface area contributed by atoms with E-state index in [-0.39, 0.29) is 17.3 Å². The van der Waals surface area contributed by atoms with Gasteiger partial charge in [-0.05, 0) is 18.6 Å². The van der Waals surface area contributed by atoms with Crippen molar-refractivity contribution in [1.29, 1.82) is 0 Å². The molecular weight excluding hydrogens is 172 g/mol. The van der Waals surface area contributed by atoms with Gasteiger partial charge >= 0.3 is 0 Å². The molecule has 0 saturated carbocycles. The summed E-state index contributed by atoms with van der Waals surface area (Å²) in [7, 11) is 0. The molecule has 3 nitrogen and oxygen atoms in total. The summed E-state index contributed by atoms with van der Waals surface area (Å²) in [6, 6.07) is 0.147. The fraction of sp³-hybridized carbons (Fsp3) is 0.875. The van der Waals surface area contributed by atoms with Crippen LogP contribution in [0.3, 0.4) is 0 Å². The fourth-order valence-corrected chi connectivity index (χ4v) is 3.35. The van der Waals surface area contributed by atoms with E-state index < -0.39 is 0 Å². The van der Waals surface area contributed by atoms with E-state index in [1.807, 2.05) is 16.7 Å². The van der Waals surface area contributed by atoms with Crippen molar-refractivity contribution in [2.45, 2.75) is 31.3 Å². The molecule has 0 aromatic rings. The van der Waals surface area contributed by atoms with E-state index in [1.165, 1.54) is 0 Å². The van der Waals surface area contributed by atoms with Gasteiger partial charge in [0.1, 0.15) is 11.4 Å². The maximum atomic E-state index is 11.3. The zero-order valence-electron chi connectivity index (χ0n) is 7.36. The minimum atomic E-state index is -0.232. The lowest BCUT2D eigenvalue weighted by Crippen LogP contribution is -2.72. The highest BCUT2D eigenvalue weighted by Gasteiger charge is 2.50. The topological polar surface area (TPSA) is 46.3 Å². The second kappa shape index (κ2) is 2.64. The number of β-lactam (4-membered cyclic amide) rings is 1. The molecule has 4 heteroatoms. The second-order valence-electron chi connectivity index (χ2n) is 3.71. The van der Waals surface area contributed by atoms with Gasteiger partial charge in [0.2, 0.25) is 5.91 Å². The Morgan fingerprint density at radius 1 is 1.58 bits per heavy atom. The van der Waals surface area contributed by atoms with Crippen LogP contribution in [-0.2, 0) is 4.79 Å². The van der Waals surface area contributed by atoms with E-state index in [1.54, 1.807) is 0 Å². The molecule has 2 saturated heterocycles. The summed E-state index contributed by atoms with van der Waals surface area (Å²) < 4.78 is 0. The van der Waals surface area contributed by atoms with Crippen molar-refractivity contribution in [2.24, 2.45) is 11.7 Å². The number of nitrogens with zero attached hydrogens (tertiary/aromatic N) is 1. The Balaban J connectivity index is 2.13. The zero-order valence-corrected chi connectivity index (χ0v) is 8.17. The maximum absolute atomic E-state index is 11.3. The molecule has 2 rings (SSSR count). The van der Waals surface area contributed by atoms with Crippen LogP contribution >= 0.6 is 11.8 Å². The number of thioether (sulfide) groups is 1. The van der Waals surface area contributed by atoms with Crippen molar-refractivity contribution in [2.75, 3.05) is 5.75 Å². The molecular formula is C8H14N2OS. The molecule has 0 aromatic heterocycles. The summed E-state index contributed by atoms with van der Waals surface area (Å²) in [4.78, 5) is 13.3. The first-order valence-corrected chi connectivity index (χ1v) is 5.37. The first-order valence-electron chi connectivity index (χ1n) is 4.32. The van der Waals surface area contributed by atoms with E-state index in [4.69, 9.17) is 5.73 Å². The fourth-order valence-electron chi connectivity index (χ4n) is 1.79. The molecule has 0 aliphatic carbocycles. The van der Waals surface area contributed by atoms with Crippen LogP contribution < -0.4 is 5.73 Å². The van der Waals surface area contributed by atoms with Gasteiger partial charge in [-0.1, -0.05) is 6.92 Å². The van der Waals surface area contributed by atoms with Crippen molar-refractivity contribution in [3.8, 4) is 0 Å². The van der Waals surface area contributed by atoms with Crippen molar-refractivity contribution in [3.63, 3.8) is 0 Å². The lowest BCUT2D eigenvalue weighted by atomic mass is 9.97. The molecule has 0 aromatic carbocycles. The maximum Gasteiger partial charge on any atom is 0.243 e. The monoisotopic (exact) mass is 186 g/mol. The number of carbonyl (C=O) groups excluding carboxylic acids is 1. The standard InChI is InChI=1S/C8H14N2OS/c1-4-3-12-8-6(9)7(11)10(8)5(4)2/h4-6,8H,3,9H2,1-2H3. The van der Waals surface area contributed by atoms with Crippen LogP contribution in [0.1, 0.15) is 13.8 Å². The van der Waals surface area contributed by atoms with Gasteiger partial charge in [0.25, 0.3) is 0 Å². The molecule has 1 amide bonds. The Morgan fingerprint density at radius 2 is 2.25 bits per heavy atom. The smallest absolute Gasteiger partial charge is 0.243 e. The number of nitrogens with two attached hydrogens (primary N) is 1. The predicted molar refractivity (Wildman–Crippen MR) is 49.7 cm³/mol. The average molecular weight is 186 g/mol. The van der Waals surface area contributed by atoms with Gasteiger partial charge in [0.15, 0.2) is 0 Å². The van der Waals surface area contributed by atoms with Crippen LogP contribution in [-0.4, -0.2) is 34.0 Å². The Labute approximate surface area is 76.7 Å². The molecule has 0 radical (unpaired) electrons. The van der Waals surface area contributed by atoms with Gasteiger partial charge in [-0.2, -0.15) is 0 Å². The average Bonchev–Trinajstić information content (AvgIpc) is 2.08. The number of fused-ring (bicyclic) bond motifs is 1. The minimum absolute atomic E-state index is 0.131. The van der Waals surface area contributed by atoms with E-state index >= 15 is 0 Å². The highest BCUT2D eigenvalue weighted by molar-refractivity contribution is 8.00. The second-order valence-corrected chi connectivity index (χ2v) is 4.86. The number of rotatable bonds is 0. The first kappa shape index (κ1) is 8.38. The highest BCUT2D eigenvalue weighted by atomic mass is 32.2. The molecule has 2 fully saturated rings. The van der Waals surface area contributed by atoms with E-state index in [2.05, 4.69) is 13.8 Å². The van der Waals surface area contributed by atoms with E-state index in [0.29, 0.717) is 12.0 Å². The van der Waals surface area contributed by atoms with Crippen LogP contribution in [0.2, 0.25) is 0 Å². The van der Waals surface area contributed by atoms with Crippen LogP contribution in [0, 0.1) is 5.92 Å². The van der Waals surface area contributed by atoms with Gasteiger partial charge in [-0.15, -0.1) is 11.8 Å². The van der Waals surface area contributed by atoms with E-state index in [0.717, 1.165) is 5.75 Å². The lowest BCUT2D eigenvalue weighted by Gasteiger charge is -2.53. The van der Waals surface area contributed by atoms with Crippen LogP contribution in [0.25, 0.3) is 0 Å². The number of hydrogen-bond donors (Lipinski definition) is 1. The summed E-state index contributed by atoms with van der Waals surface area (Å²) in [6.45, 7) is 4.30. The molecule has 4 atom stereocenters. The number of hydrogen-bond acceptors (Lipinski definition) is 3. The van der Waals surface area contributed by atoms with Crippen molar-refractivity contribution in [3.05, 3.63) is 0 Å². The van der Waals surface area contributed by atoms with Crippen molar-refractivity contribution < 1.29 is 4.79 Å². The lowest BCUT2D eigenvalue weighted by molar-refractivity contribution is -0.149. The number of amides is 1. The molecule has 0 bridgehead atoms. The first-order chi connectivity index (χ1) is 5.63. The summed E-state index contributed by atoms with van der Waals surface area (Å²) in [5.74, 6) is 1.86. The largest absolute Gasteiger partial charge is 0.324 e. The third-order valence-corrected chi connectivity index (χ3v) is 4.49. The van der Waals surface area contributed by atoms with Gasteiger partial charge in [-0.25, -0.2) is 0 Å². The molecule has 2 heterocycles. The minimum Gasteiger partial charge on any atom is -0.324 e. The Morgan fingerprint density at radius 3 is 2.92 bits per heavy atom. The summed E-state index contributed by atoms with van der Waals surface area (Å²) >= 11 is 1.82. The van der Waals surface area contributed by atoms with Crippen LogP contribution in [0.15, 0.2) is 0 Å². The van der Waals surface area contributed by atoms with Gasteiger partial charge in [0.05, 0.1) is 0 Å². The molecule has 12 heavy (non-hydrogen) atoms. The Kier molecular flexibility index (Phi) is 1.84. The van der Waals surface area contributed by atoms with Crippen molar-refractivity contribution in [1.82, 2.24) is 4.90 Å². The third kappa shape index (κ3) is 0.910. The molecule has 0 spiro atoms. The SMILES string of the molecule is CC1CSC2C(N)C(=O)N2C1C. The van der Waals surface area contributed by atoms with Gasteiger partial charge < -0.3 is 10.6 Å². The molecule has 4 unspecified atom stereocenters. The summed E-state index contributed by atoms with van der Waals surface area (Å²) in [6.07, 6.45) is 0. The van der Waals surface area contributed by atoms with E-state index in [9.17, 15) is 4.79 Å². The molecule has 2 N–H and O–H groups in total. The molecule has 2 aliphatic heterocycles. The van der Waals surface area contributed by atoms with Crippen LogP contribution in [0.4, 0.5) is 0 Å². The van der Waals surface area contributed by atoms with Crippen LogP contribution in [0.5, 0.6) is 0 Å². The summed E-state index contributed by atoms with van der Waals surface area (Å²) in [5, 5.41) is 0.267. The normalized spacial score (nSPS) is 46.9. The predicted octanol–water partition coefficient (Wildman–Crippen LogP) is 0.253.